The van der Waals surface area contributed by atoms with Gasteiger partial charge in [0.2, 0.25) is 0 Å². The Kier molecular flexibility index (Phi) is 5.16. The highest BCUT2D eigenvalue weighted by molar-refractivity contribution is 5.87. The van der Waals surface area contributed by atoms with Gasteiger partial charge in [-0.25, -0.2) is 4.79 Å². The fourth-order valence-electron chi connectivity index (χ4n) is 3.01. The van der Waals surface area contributed by atoms with Gasteiger partial charge in [-0.1, -0.05) is 18.2 Å². The minimum Gasteiger partial charge on any atom is -0.508 e. The third-order valence-corrected chi connectivity index (χ3v) is 4.18. The molecule has 2 aromatic rings. The molecule has 2 aromatic carbocycles. The van der Waals surface area contributed by atoms with Crippen molar-refractivity contribution in [1.29, 1.82) is 0 Å². The van der Waals surface area contributed by atoms with E-state index in [1.54, 1.807) is 50.3 Å². The lowest BCUT2D eigenvalue weighted by molar-refractivity contribution is -0.141. The third kappa shape index (κ3) is 4.11. The van der Waals surface area contributed by atoms with Crippen molar-refractivity contribution in [1.82, 2.24) is 0 Å². The molecule has 0 saturated heterocycles. The number of benzene rings is 2. The summed E-state index contributed by atoms with van der Waals surface area (Å²) in [6.45, 7) is 3.53. The van der Waals surface area contributed by atoms with Crippen molar-refractivity contribution >= 4 is 18.0 Å². The van der Waals surface area contributed by atoms with Crippen molar-refractivity contribution in [2.45, 2.75) is 32.0 Å². The van der Waals surface area contributed by atoms with Crippen LogP contribution in [0, 0.1) is 0 Å². The summed E-state index contributed by atoms with van der Waals surface area (Å²) in [4.78, 5) is 23.5. The van der Waals surface area contributed by atoms with Crippen LogP contribution < -0.4 is 4.74 Å². The Hall–Kier alpha value is -3.28. The topological polar surface area (TPSA) is 93.1 Å². The average molecular weight is 368 g/mol. The van der Waals surface area contributed by atoms with Crippen molar-refractivity contribution < 1.29 is 29.3 Å². The predicted octanol–water partition coefficient (Wildman–Crippen LogP) is 3.66. The van der Waals surface area contributed by atoms with Gasteiger partial charge < -0.3 is 19.7 Å². The van der Waals surface area contributed by atoms with Crippen LogP contribution in [-0.2, 0) is 14.3 Å². The summed E-state index contributed by atoms with van der Waals surface area (Å²) in [5.41, 5.74) is 1.88. The molecule has 0 saturated carbocycles. The van der Waals surface area contributed by atoms with Crippen LogP contribution in [0.15, 0.2) is 48.5 Å². The summed E-state index contributed by atoms with van der Waals surface area (Å²) < 4.78 is 10.9. The molecule has 1 aliphatic rings. The molecular weight excluding hydrogens is 348 g/mol. The number of aromatic hydroxyl groups is 1. The molecule has 0 amide bonds. The Balaban J connectivity index is 1.88. The highest BCUT2D eigenvalue weighted by atomic mass is 16.5. The summed E-state index contributed by atoms with van der Waals surface area (Å²) in [5.74, 6) is -1.77. The fraction of sp³-hybridized carbons (Fsp3) is 0.238. The number of hydrogen-bond acceptors (Lipinski definition) is 5. The van der Waals surface area contributed by atoms with Gasteiger partial charge in [0.15, 0.2) is 0 Å². The van der Waals surface area contributed by atoms with Crippen molar-refractivity contribution in [3.05, 3.63) is 65.2 Å². The summed E-state index contributed by atoms with van der Waals surface area (Å²) in [7, 11) is 0. The van der Waals surface area contributed by atoms with Gasteiger partial charge >= 0.3 is 11.9 Å². The normalized spacial score (nSPS) is 18.3. The minimum atomic E-state index is -1.01. The minimum absolute atomic E-state index is 0.0989. The third-order valence-electron chi connectivity index (χ3n) is 4.18. The smallest absolute Gasteiger partial charge is 0.331 e. The Morgan fingerprint density at radius 3 is 2.48 bits per heavy atom. The summed E-state index contributed by atoms with van der Waals surface area (Å²) in [6.07, 6.45) is 1.99. The number of phenols is 1. The van der Waals surface area contributed by atoms with Gasteiger partial charge in [-0.15, -0.1) is 0 Å². The second-order valence-corrected chi connectivity index (χ2v) is 6.56. The molecule has 2 atom stereocenters. The van der Waals surface area contributed by atoms with E-state index in [1.165, 1.54) is 18.2 Å². The van der Waals surface area contributed by atoms with Crippen molar-refractivity contribution in [3.63, 3.8) is 0 Å². The van der Waals surface area contributed by atoms with Crippen LogP contribution in [0.2, 0.25) is 0 Å². The standard InChI is InChI=1S/C21H20O6/c1-12(2)26-18(23)10-4-13-3-9-17-16(11-13)19(21(24)25)20(27-17)14-5-7-15(22)8-6-14/h3-12,19-20,22H,1-2H3,(H,24,25)/b10-4+/t19-,20+/m1/s1. The molecule has 0 radical (unpaired) electrons. The van der Waals surface area contributed by atoms with Gasteiger partial charge in [-0.3, -0.25) is 4.79 Å². The van der Waals surface area contributed by atoms with Crippen LogP contribution in [0.5, 0.6) is 11.5 Å². The summed E-state index contributed by atoms with van der Waals surface area (Å²) >= 11 is 0. The van der Waals surface area contributed by atoms with E-state index in [2.05, 4.69) is 0 Å². The van der Waals surface area contributed by atoms with Crippen LogP contribution in [0.25, 0.3) is 6.08 Å². The van der Waals surface area contributed by atoms with E-state index in [1.807, 2.05) is 0 Å². The monoisotopic (exact) mass is 368 g/mol. The largest absolute Gasteiger partial charge is 0.508 e. The molecule has 1 aliphatic heterocycles. The molecule has 6 heteroatoms. The maximum Gasteiger partial charge on any atom is 0.331 e. The van der Waals surface area contributed by atoms with Gasteiger partial charge in [0.05, 0.1) is 6.10 Å². The molecule has 3 rings (SSSR count). The number of carbonyl (C=O) groups is 2. The van der Waals surface area contributed by atoms with Crippen LogP contribution in [0.4, 0.5) is 0 Å². The van der Waals surface area contributed by atoms with Crippen LogP contribution in [-0.4, -0.2) is 28.3 Å². The van der Waals surface area contributed by atoms with Gasteiger partial charge in [0, 0.05) is 11.6 Å². The number of aliphatic carboxylic acids is 1. The molecular formula is C21H20O6. The number of rotatable bonds is 5. The quantitative estimate of drug-likeness (QED) is 0.618. The zero-order valence-corrected chi connectivity index (χ0v) is 15.0. The number of hydrogen-bond donors (Lipinski definition) is 2. The number of fused-ring (bicyclic) bond motifs is 1. The second kappa shape index (κ2) is 7.53. The average Bonchev–Trinajstić information content (AvgIpc) is 2.99. The first-order valence-electron chi connectivity index (χ1n) is 8.56. The van der Waals surface area contributed by atoms with Gasteiger partial charge in [-0.05, 0) is 55.3 Å². The van der Waals surface area contributed by atoms with E-state index in [-0.39, 0.29) is 11.9 Å². The van der Waals surface area contributed by atoms with E-state index >= 15 is 0 Å². The van der Waals surface area contributed by atoms with Gasteiger partial charge in [0.1, 0.15) is 23.5 Å². The van der Waals surface area contributed by atoms with Crippen LogP contribution in [0.1, 0.15) is 42.6 Å². The molecule has 0 aromatic heterocycles. The maximum absolute atomic E-state index is 11.9. The Labute approximate surface area is 156 Å². The first-order valence-corrected chi connectivity index (χ1v) is 8.56. The number of ether oxygens (including phenoxy) is 2. The first-order chi connectivity index (χ1) is 12.8. The summed E-state index contributed by atoms with van der Waals surface area (Å²) in [5, 5.41) is 19.2. The lowest BCUT2D eigenvalue weighted by Crippen LogP contribution is -2.18. The number of phenolic OH excluding ortho intramolecular Hbond substituents is 1. The lowest BCUT2D eigenvalue weighted by atomic mass is 9.90. The maximum atomic E-state index is 11.9. The molecule has 6 nitrogen and oxygen atoms in total. The van der Waals surface area contributed by atoms with Gasteiger partial charge in [0.25, 0.3) is 0 Å². The number of carboxylic acids is 1. The molecule has 0 unspecified atom stereocenters. The van der Waals surface area contributed by atoms with Crippen molar-refractivity contribution in [2.75, 3.05) is 0 Å². The number of carboxylic acid groups (broad SMARTS) is 1. The van der Waals surface area contributed by atoms with Crippen molar-refractivity contribution in [3.8, 4) is 11.5 Å². The zero-order chi connectivity index (χ0) is 19.6. The molecule has 27 heavy (non-hydrogen) atoms. The fourth-order valence-corrected chi connectivity index (χ4v) is 3.01. The predicted molar refractivity (Wildman–Crippen MR) is 98.6 cm³/mol. The molecule has 0 aliphatic carbocycles. The SMILES string of the molecule is CC(C)OC(=O)/C=C/c1ccc2c(c1)[C@@H](C(=O)O)[C@H](c1ccc(O)cc1)O2. The highest BCUT2D eigenvalue weighted by Crippen LogP contribution is 2.46. The molecule has 0 fully saturated rings. The number of carbonyl (C=O) groups excluding carboxylic acids is 1. The van der Waals surface area contributed by atoms with Gasteiger partial charge in [-0.2, -0.15) is 0 Å². The Morgan fingerprint density at radius 2 is 1.85 bits per heavy atom. The molecule has 140 valence electrons. The molecule has 0 spiro atoms. The Bertz CT molecular complexity index is 882. The second-order valence-electron chi connectivity index (χ2n) is 6.56. The van der Waals surface area contributed by atoms with E-state index in [9.17, 15) is 19.8 Å². The van der Waals surface area contributed by atoms with Crippen LogP contribution in [0.3, 0.4) is 0 Å². The van der Waals surface area contributed by atoms with Crippen molar-refractivity contribution in [2.24, 2.45) is 0 Å². The molecule has 0 bridgehead atoms. The van der Waals surface area contributed by atoms with E-state index in [4.69, 9.17) is 9.47 Å². The molecule has 1 heterocycles. The number of esters is 1. The van der Waals surface area contributed by atoms with E-state index in [0.717, 1.165) is 0 Å². The first kappa shape index (κ1) is 18.5. The molecule has 2 N–H and O–H groups in total. The van der Waals surface area contributed by atoms with Crippen LogP contribution >= 0.6 is 0 Å². The zero-order valence-electron chi connectivity index (χ0n) is 15.0. The summed E-state index contributed by atoms with van der Waals surface area (Å²) in [6, 6.07) is 11.4. The lowest BCUT2D eigenvalue weighted by Gasteiger charge is -2.16. The highest BCUT2D eigenvalue weighted by Gasteiger charge is 2.40. The Morgan fingerprint density at radius 1 is 1.15 bits per heavy atom. The van der Waals surface area contributed by atoms with E-state index < -0.39 is 24.0 Å². The van der Waals surface area contributed by atoms with E-state index in [0.29, 0.717) is 22.4 Å².